The molecule has 0 spiro atoms. The second kappa shape index (κ2) is 9.87. The predicted octanol–water partition coefficient (Wildman–Crippen LogP) is 2.28. The molecular formula is C21H25N3O4. The molecule has 148 valence electrons. The minimum absolute atomic E-state index is 0.0646. The van der Waals surface area contributed by atoms with Crippen molar-refractivity contribution in [3.05, 3.63) is 54.1 Å². The van der Waals surface area contributed by atoms with Crippen LogP contribution in [-0.2, 0) is 14.3 Å². The van der Waals surface area contributed by atoms with Crippen molar-refractivity contribution in [2.45, 2.75) is 6.92 Å². The Balaban J connectivity index is 1.43. The SMILES string of the molecule is Cc1cccc(OCC(=O)Nc2ccc(NC(=O)CN3CCOCC3)cc2)c1. The summed E-state index contributed by atoms with van der Waals surface area (Å²) in [6.45, 7) is 5.10. The molecule has 1 aliphatic rings. The lowest BCUT2D eigenvalue weighted by Gasteiger charge is -2.25. The van der Waals surface area contributed by atoms with Crippen LogP contribution in [0.15, 0.2) is 48.5 Å². The highest BCUT2D eigenvalue weighted by molar-refractivity contribution is 5.94. The van der Waals surface area contributed by atoms with Gasteiger partial charge in [0.05, 0.1) is 19.8 Å². The molecule has 1 saturated heterocycles. The molecule has 3 rings (SSSR count). The van der Waals surface area contributed by atoms with E-state index >= 15 is 0 Å². The summed E-state index contributed by atoms with van der Waals surface area (Å²) in [4.78, 5) is 26.2. The van der Waals surface area contributed by atoms with Crippen LogP contribution in [0.3, 0.4) is 0 Å². The largest absolute Gasteiger partial charge is 0.484 e. The highest BCUT2D eigenvalue weighted by Gasteiger charge is 2.14. The van der Waals surface area contributed by atoms with Crippen molar-refractivity contribution in [3.63, 3.8) is 0 Å². The van der Waals surface area contributed by atoms with Crippen LogP contribution in [0, 0.1) is 6.92 Å². The molecule has 0 aliphatic carbocycles. The Kier molecular flexibility index (Phi) is 7.00. The van der Waals surface area contributed by atoms with E-state index in [4.69, 9.17) is 9.47 Å². The number of rotatable bonds is 7. The summed E-state index contributed by atoms with van der Waals surface area (Å²) in [6, 6.07) is 14.5. The number of nitrogens with one attached hydrogen (secondary N) is 2. The lowest BCUT2D eigenvalue weighted by atomic mass is 10.2. The van der Waals surface area contributed by atoms with Gasteiger partial charge in [0.1, 0.15) is 5.75 Å². The van der Waals surface area contributed by atoms with E-state index in [-0.39, 0.29) is 18.4 Å². The van der Waals surface area contributed by atoms with Crippen LogP contribution in [0.5, 0.6) is 5.75 Å². The average Bonchev–Trinajstić information content (AvgIpc) is 2.69. The number of hydrogen-bond acceptors (Lipinski definition) is 5. The van der Waals surface area contributed by atoms with Gasteiger partial charge in [-0.15, -0.1) is 0 Å². The molecule has 1 fully saturated rings. The Labute approximate surface area is 164 Å². The Hall–Kier alpha value is -2.90. The van der Waals surface area contributed by atoms with Crippen molar-refractivity contribution in [2.24, 2.45) is 0 Å². The van der Waals surface area contributed by atoms with Crippen molar-refractivity contribution in [1.82, 2.24) is 4.90 Å². The summed E-state index contributed by atoms with van der Waals surface area (Å²) in [5.41, 5.74) is 2.40. The normalized spacial score (nSPS) is 14.3. The number of amides is 2. The maximum absolute atomic E-state index is 12.1. The fourth-order valence-electron chi connectivity index (χ4n) is 2.85. The monoisotopic (exact) mass is 383 g/mol. The summed E-state index contributed by atoms with van der Waals surface area (Å²) >= 11 is 0. The molecule has 1 heterocycles. The number of carbonyl (C=O) groups excluding carboxylic acids is 2. The minimum Gasteiger partial charge on any atom is -0.484 e. The molecule has 0 bridgehead atoms. The second-order valence-corrected chi connectivity index (χ2v) is 6.67. The molecule has 0 atom stereocenters. The Morgan fingerprint density at radius 2 is 1.64 bits per heavy atom. The molecule has 0 saturated carbocycles. The summed E-state index contributed by atoms with van der Waals surface area (Å²) in [5, 5.41) is 5.64. The van der Waals surface area contributed by atoms with E-state index in [0.29, 0.717) is 36.9 Å². The summed E-state index contributed by atoms with van der Waals surface area (Å²) in [5.74, 6) is 0.351. The number of benzene rings is 2. The van der Waals surface area contributed by atoms with Crippen LogP contribution in [0.4, 0.5) is 11.4 Å². The van der Waals surface area contributed by atoms with Gasteiger partial charge in [-0.1, -0.05) is 12.1 Å². The molecular weight excluding hydrogens is 358 g/mol. The van der Waals surface area contributed by atoms with Gasteiger partial charge in [-0.2, -0.15) is 0 Å². The van der Waals surface area contributed by atoms with Gasteiger partial charge < -0.3 is 20.1 Å². The van der Waals surface area contributed by atoms with Crippen molar-refractivity contribution in [1.29, 1.82) is 0 Å². The van der Waals surface area contributed by atoms with Crippen LogP contribution < -0.4 is 15.4 Å². The molecule has 2 aromatic carbocycles. The lowest BCUT2D eigenvalue weighted by molar-refractivity contribution is -0.119. The Morgan fingerprint density at radius 1 is 1.00 bits per heavy atom. The topological polar surface area (TPSA) is 79.9 Å². The fourth-order valence-corrected chi connectivity index (χ4v) is 2.85. The predicted molar refractivity (Wildman–Crippen MR) is 108 cm³/mol. The van der Waals surface area contributed by atoms with E-state index in [1.807, 2.05) is 31.2 Å². The number of morpholine rings is 1. The maximum atomic E-state index is 12.1. The smallest absolute Gasteiger partial charge is 0.262 e. The van der Waals surface area contributed by atoms with E-state index < -0.39 is 0 Å². The van der Waals surface area contributed by atoms with Crippen molar-refractivity contribution < 1.29 is 19.1 Å². The van der Waals surface area contributed by atoms with Gasteiger partial charge in [0.2, 0.25) is 5.91 Å². The van der Waals surface area contributed by atoms with Crippen molar-refractivity contribution in [2.75, 3.05) is 50.1 Å². The van der Waals surface area contributed by atoms with Crippen molar-refractivity contribution in [3.8, 4) is 5.75 Å². The van der Waals surface area contributed by atoms with Gasteiger partial charge >= 0.3 is 0 Å². The van der Waals surface area contributed by atoms with Crippen LogP contribution >= 0.6 is 0 Å². The summed E-state index contributed by atoms with van der Waals surface area (Å²) in [7, 11) is 0. The van der Waals surface area contributed by atoms with Crippen LogP contribution in [-0.4, -0.2) is 56.2 Å². The first-order valence-electron chi connectivity index (χ1n) is 9.28. The first-order chi connectivity index (χ1) is 13.6. The molecule has 7 nitrogen and oxygen atoms in total. The van der Waals surface area contributed by atoms with E-state index in [0.717, 1.165) is 18.7 Å². The van der Waals surface area contributed by atoms with Gasteiger partial charge in [0, 0.05) is 24.5 Å². The Morgan fingerprint density at radius 3 is 2.29 bits per heavy atom. The molecule has 2 aromatic rings. The van der Waals surface area contributed by atoms with E-state index in [9.17, 15) is 9.59 Å². The van der Waals surface area contributed by atoms with Crippen molar-refractivity contribution >= 4 is 23.2 Å². The first-order valence-corrected chi connectivity index (χ1v) is 9.28. The van der Waals surface area contributed by atoms with Gasteiger partial charge in [-0.25, -0.2) is 0 Å². The molecule has 7 heteroatoms. The highest BCUT2D eigenvalue weighted by Crippen LogP contribution is 2.15. The molecule has 0 aromatic heterocycles. The minimum atomic E-state index is -0.245. The third-order valence-electron chi connectivity index (χ3n) is 4.28. The van der Waals surface area contributed by atoms with Gasteiger partial charge in [0.15, 0.2) is 6.61 Å². The molecule has 2 amide bonds. The molecule has 1 aliphatic heterocycles. The molecule has 2 N–H and O–H groups in total. The average molecular weight is 383 g/mol. The van der Waals surface area contributed by atoms with Crippen LogP contribution in [0.1, 0.15) is 5.56 Å². The molecule has 0 unspecified atom stereocenters. The standard InChI is InChI=1S/C21H25N3O4/c1-16-3-2-4-19(13-16)28-15-21(26)23-18-7-5-17(6-8-18)22-20(25)14-24-9-11-27-12-10-24/h2-8,13H,9-12,14-15H2,1H3,(H,22,25)(H,23,26). The zero-order chi connectivity index (χ0) is 19.8. The lowest BCUT2D eigenvalue weighted by Crippen LogP contribution is -2.41. The second-order valence-electron chi connectivity index (χ2n) is 6.67. The van der Waals surface area contributed by atoms with Crippen LogP contribution in [0.2, 0.25) is 0 Å². The molecule has 0 radical (unpaired) electrons. The first kappa shape index (κ1) is 19.9. The van der Waals surface area contributed by atoms with Crippen LogP contribution in [0.25, 0.3) is 0 Å². The van der Waals surface area contributed by atoms with Gasteiger partial charge in [0.25, 0.3) is 5.91 Å². The Bertz CT molecular complexity index is 802. The zero-order valence-electron chi connectivity index (χ0n) is 15.9. The summed E-state index contributed by atoms with van der Waals surface area (Å²) < 4.78 is 10.8. The van der Waals surface area contributed by atoms with Gasteiger partial charge in [-0.3, -0.25) is 14.5 Å². The highest BCUT2D eigenvalue weighted by atomic mass is 16.5. The van der Waals surface area contributed by atoms with E-state index in [1.54, 1.807) is 24.3 Å². The quantitative estimate of drug-likeness (QED) is 0.767. The third-order valence-corrected chi connectivity index (χ3v) is 4.28. The number of aryl methyl sites for hydroxylation is 1. The number of carbonyl (C=O) groups is 2. The number of anilines is 2. The number of hydrogen-bond donors (Lipinski definition) is 2. The van der Waals surface area contributed by atoms with E-state index in [1.165, 1.54) is 0 Å². The third kappa shape index (κ3) is 6.37. The maximum Gasteiger partial charge on any atom is 0.262 e. The molecule has 28 heavy (non-hydrogen) atoms. The number of ether oxygens (including phenoxy) is 2. The fraction of sp³-hybridized carbons (Fsp3) is 0.333. The summed E-state index contributed by atoms with van der Waals surface area (Å²) in [6.07, 6.45) is 0. The van der Waals surface area contributed by atoms with Gasteiger partial charge in [-0.05, 0) is 48.9 Å². The number of nitrogens with zero attached hydrogens (tertiary/aromatic N) is 1. The zero-order valence-corrected chi connectivity index (χ0v) is 15.9. The van der Waals surface area contributed by atoms with E-state index in [2.05, 4.69) is 15.5 Å².